The van der Waals surface area contributed by atoms with Crippen molar-refractivity contribution >= 4 is 24.0 Å². The summed E-state index contributed by atoms with van der Waals surface area (Å²) in [5.74, 6) is 0.544. The zero-order valence-corrected chi connectivity index (χ0v) is 16.6. The van der Waals surface area contributed by atoms with Gasteiger partial charge in [0.25, 0.3) is 0 Å². The van der Waals surface area contributed by atoms with Crippen LogP contribution in [-0.2, 0) is 4.79 Å². The van der Waals surface area contributed by atoms with Gasteiger partial charge in [-0.05, 0) is 36.2 Å². The minimum Gasteiger partial charge on any atom is -0.495 e. The third-order valence-electron chi connectivity index (χ3n) is 5.47. The standard InChI is InChI=1S/C21H24FN3O2.ClH/c1-27-20-8-3-2-7-17(20)25-11-9-18(21(25)26)24-12-10-23-14-19(24)15-5-4-6-16(22)13-15;/h2-8,13,18-19,23H,9-12,14H2,1H3;1H. The Bertz CT molecular complexity index is 835. The zero-order valence-electron chi connectivity index (χ0n) is 15.8. The Morgan fingerprint density at radius 1 is 1.11 bits per heavy atom. The normalized spacial score (nSPS) is 22.8. The summed E-state index contributed by atoms with van der Waals surface area (Å²) in [5.41, 5.74) is 1.72. The lowest BCUT2D eigenvalue weighted by atomic mass is 10.0. The summed E-state index contributed by atoms with van der Waals surface area (Å²) in [6, 6.07) is 14.1. The third-order valence-corrected chi connectivity index (χ3v) is 5.47. The number of nitrogens with one attached hydrogen (secondary N) is 1. The molecule has 0 radical (unpaired) electrons. The first-order valence-electron chi connectivity index (χ1n) is 9.35. The predicted octanol–water partition coefficient (Wildman–Crippen LogP) is 3.01. The molecule has 0 saturated carbocycles. The second-order valence-electron chi connectivity index (χ2n) is 6.98. The maximum atomic E-state index is 13.7. The number of para-hydroxylation sites is 2. The Morgan fingerprint density at radius 3 is 2.71 bits per heavy atom. The molecule has 2 heterocycles. The summed E-state index contributed by atoms with van der Waals surface area (Å²) in [5, 5.41) is 3.37. The minimum atomic E-state index is -0.244. The van der Waals surface area contributed by atoms with Crippen molar-refractivity contribution in [3.05, 3.63) is 59.9 Å². The summed E-state index contributed by atoms with van der Waals surface area (Å²) < 4.78 is 19.2. The van der Waals surface area contributed by atoms with Gasteiger partial charge in [-0.15, -0.1) is 12.4 Å². The molecule has 0 spiro atoms. The molecule has 28 heavy (non-hydrogen) atoms. The number of benzene rings is 2. The maximum Gasteiger partial charge on any atom is 0.244 e. The number of piperazine rings is 1. The second-order valence-corrected chi connectivity index (χ2v) is 6.98. The molecule has 2 fully saturated rings. The van der Waals surface area contributed by atoms with Gasteiger partial charge in [0.1, 0.15) is 11.6 Å². The Morgan fingerprint density at radius 2 is 1.93 bits per heavy atom. The van der Waals surface area contributed by atoms with Crippen molar-refractivity contribution in [1.82, 2.24) is 10.2 Å². The SMILES string of the molecule is COc1ccccc1N1CCC(N2CCNCC2c2cccc(F)c2)C1=O.Cl. The average molecular weight is 406 g/mol. The number of amides is 1. The van der Waals surface area contributed by atoms with E-state index in [1.54, 1.807) is 19.2 Å². The van der Waals surface area contributed by atoms with Gasteiger partial charge in [-0.3, -0.25) is 9.69 Å². The maximum absolute atomic E-state index is 13.7. The van der Waals surface area contributed by atoms with E-state index in [1.165, 1.54) is 6.07 Å². The van der Waals surface area contributed by atoms with Crippen molar-refractivity contribution in [2.75, 3.05) is 38.2 Å². The number of anilines is 1. The van der Waals surface area contributed by atoms with Gasteiger partial charge in [-0.25, -0.2) is 4.39 Å². The first-order valence-corrected chi connectivity index (χ1v) is 9.35. The predicted molar refractivity (Wildman–Crippen MR) is 110 cm³/mol. The highest BCUT2D eigenvalue weighted by atomic mass is 35.5. The van der Waals surface area contributed by atoms with E-state index in [0.29, 0.717) is 18.8 Å². The monoisotopic (exact) mass is 405 g/mol. The molecule has 0 bridgehead atoms. The summed E-state index contributed by atoms with van der Waals surface area (Å²) in [6.45, 7) is 2.95. The molecule has 1 N–H and O–H groups in total. The molecular formula is C21H25ClFN3O2. The lowest BCUT2D eigenvalue weighted by Crippen LogP contribution is -2.52. The van der Waals surface area contributed by atoms with E-state index < -0.39 is 0 Å². The number of ether oxygens (including phenoxy) is 1. The van der Waals surface area contributed by atoms with Gasteiger partial charge in [0, 0.05) is 32.2 Å². The summed E-state index contributed by atoms with van der Waals surface area (Å²) in [6.07, 6.45) is 0.753. The van der Waals surface area contributed by atoms with E-state index in [9.17, 15) is 9.18 Å². The average Bonchev–Trinajstić information content (AvgIpc) is 3.09. The fourth-order valence-electron chi connectivity index (χ4n) is 4.18. The van der Waals surface area contributed by atoms with Crippen molar-refractivity contribution in [2.24, 2.45) is 0 Å². The van der Waals surface area contributed by atoms with Crippen molar-refractivity contribution in [2.45, 2.75) is 18.5 Å². The molecule has 1 amide bonds. The van der Waals surface area contributed by atoms with E-state index in [0.717, 1.165) is 30.8 Å². The van der Waals surface area contributed by atoms with Crippen molar-refractivity contribution in [3.8, 4) is 5.75 Å². The topological polar surface area (TPSA) is 44.8 Å². The fourth-order valence-corrected chi connectivity index (χ4v) is 4.18. The van der Waals surface area contributed by atoms with Crippen molar-refractivity contribution < 1.29 is 13.9 Å². The fraction of sp³-hybridized carbons (Fsp3) is 0.381. The number of carbonyl (C=O) groups is 1. The quantitative estimate of drug-likeness (QED) is 0.849. The lowest BCUT2D eigenvalue weighted by Gasteiger charge is -2.39. The molecular weight excluding hydrogens is 381 g/mol. The van der Waals surface area contributed by atoms with Gasteiger partial charge in [-0.2, -0.15) is 0 Å². The van der Waals surface area contributed by atoms with Crippen LogP contribution in [0.25, 0.3) is 0 Å². The highest BCUT2D eigenvalue weighted by Gasteiger charge is 2.41. The number of hydrogen-bond acceptors (Lipinski definition) is 4. The Balaban J connectivity index is 0.00000225. The molecule has 2 unspecified atom stereocenters. The number of rotatable bonds is 4. The van der Waals surface area contributed by atoms with Gasteiger partial charge >= 0.3 is 0 Å². The van der Waals surface area contributed by atoms with Crippen LogP contribution < -0.4 is 15.0 Å². The van der Waals surface area contributed by atoms with Crippen LogP contribution in [0, 0.1) is 5.82 Å². The highest BCUT2D eigenvalue weighted by molar-refractivity contribution is 6.00. The molecule has 7 heteroatoms. The molecule has 2 aliphatic rings. The molecule has 2 atom stereocenters. The Kier molecular flexibility index (Phi) is 6.54. The number of carbonyl (C=O) groups excluding carboxylic acids is 1. The molecule has 4 rings (SSSR count). The molecule has 2 saturated heterocycles. The van der Waals surface area contributed by atoms with Gasteiger partial charge < -0.3 is 15.0 Å². The first-order chi connectivity index (χ1) is 13.2. The van der Waals surface area contributed by atoms with E-state index >= 15 is 0 Å². The van der Waals surface area contributed by atoms with Crippen LogP contribution in [0.1, 0.15) is 18.0 Å². The van der Waals surface area contributed by atoms with Gasteiger partial charge in [0.05, 0.1) is 18.8 Å². The van der Waals surface area contributed by atoms with Crippen molar-refractivity contribution in [1.29, 1.82) is 0 Å². The van der Waals surface area contributed by atoms with Crippen molar-refractivity contribution in [3.63, 3.8) is 0 Å². The highest BCUT2D eigenvalue weighted by Crippen LogP contribution is 2.35. The summed E-state index contributed by atoms with van der Waals surface area (Å²) >= 11 is 0. The van der Waals surface area contributed by atoms with Gasteiger partial charge in [0.15, 0.2) is 0 Å². The van der Waals surface area contributed by atoms with Crippen LogP contribution in [0.4, 0.5) is 10.1 Å². The molecule has 5 nitrogen and oxygen atoms in total. The third kappa shape index (κ3) is 3.85. The lowest BCUT2D eigenvalue weighted by molar-refractivity contribution is -0.122. The van der Waals surface area contributed by atoms with Crippen LogP contribution >= 0.6 is 12.4 Å². The molecule has 0 aromatic heterocycles. The second kappa shape index (κ2) is 8.90. The van der Waals surface area contributed by atoms with E-state index in [2.05, 4.69) is 10.2 Å². The number of halogens is 2. The van der Waals surface area contributed by atoms with E-state index in [4.69, 9.17) is 4.74 Å². The number of methoxy groups -OCH3 is 1. The van der Waals surface area contributed by atoms with Crippen LogP contribution in [0.2, 0.25) is 0 Å². The van der Waals surface area contributed by atoms with Gasteiger partial charge in [0.2, 0.25) is 5.91 Å². The first kappa shape index (κ1) is 20.6. The van der Waals surface area contributed by atoms with Crippen LogP contribution in [0.3, 0.4) is 0 Å². The van der Waals surface area contributed by atoms with Gasteiger partial charge in [-0.1, -0.05) is 24.3 Å². The molecule has 2 aromatic carbocycles. The van der Waals surface area contributed by atoms with E-state index in [-0.39, 0.29) is 36.2 Å². The number of nitrogens with zero attached hydrogens (tertiary/aromatic N) is 2. The Hall–Kier alpha value is -2.15. The largest absolute Gasteiger partial charge is 0.495 e. The van der Waals surface area contributed by atoms with Crippen LogP contribution in [0.15, 0.2) is 48.5 Å². The smallest absolute Gasteiger partial charge is 0.244 e. The van der Waals surface area contributed by atoms with E-state index in [1.807, 2.05) is 35.2 Å². The molecule has 2 aliphatic heterocycles. The number of hydrogen-bond donors (Lipinski definition) is 1. The van der Waals surface area contributed by atoms with Crippen LogP contribution in [-0.4, -0.2) is 50.1 Å². The molecule has 150 valence electrons. The summed E-state index contributed by atoms with van der Waals surface area (Å²) in [7, 11) is 1.62. The molecule has 2 aromatic rings. The Labute approximate surface area is 170 Å². The zero-order chi connectivity index (χ0) is 18.8. The van der Waals surface area contributed by atoms with Crippen LogP contribution in [0.5, 0.6) is 5.75 Å². The minimum absolute atomic E-state index is 0. The summed E-state index contributed by atoms with van der Waals surface area (Å²) in [4.78, 5) is 17.3. The molecule has 0 aliphatic carbocycles.